The van der Waals surface area contributed by atoms with Gasteiger partial charge in [0.15, 0.2) is 9.84 Å². The second-order valence-corrected chi connectivity index (χ2v) is 7.22. The van der Waals surface area contributed by atoms with E-state index in [0.717, 1.165) is 11.9 Å². The molecule has 106 valence electrons. The smallest absolute Gasteiger partial charge is 0.177 e. The predicted octanol–water partition coefficient (Wildman–Crippen LogP) is 0.879. The minimum Gasteiger partial charge on any atom is -0.396 e. The SMILES string of the molecule is CC1CN(c2cccc(S(C)(=O)=O)c2N)CCC1O. The summed E-state index contributed by atoms with van der Waals surface area (Å²) < 4.78 is 23.3. The molecule has 1 saturated heterocycles. The Kier molecular flexibility index (Phi) is 3.73. The third-order valence-corrected chi connectivity index (χ3v) is 4.80. The molecule has 0 aromatic heterocycles. The summed E-state index contributed by atoms with van der Waals surface area (Å²) in [6.07, 6.45) is 1.53. The van der Waals surface area contributed by atoms with Gasteiger partial charge in [-0.1, -0.05) is 13.0 Å². The van der Waals surface area contributed by atoms with Gasteiger partial charge in [-0.3, -0.25) is 0 Å². The van der Waals surface area contributed by atoms with Crippen LogP contribution in [0.1, 0.15) is 13.3 Å². The maximum absolute atomic E-state index is 11.7. The minimum atomic E-state index is -3.32. The van der Waals surface area contributed by atoms with Gasteiger partial charge in [-0.15, -0.1) is 0 Å². The highest BCUT2D eigenvalue weighted by Gasteiger charge is 2.26. The van der Waals surface area contributed by atoms with Crippen molar-refractivity contribution in [1.29, 1.82) is 0 Å². The largest absolute Gasteiger partial charge is 0.396 e. The van der Waals surface area contributed by atoms with Crippen LogP contribution in [0.25, 0.3) is 0 Å². The highest BCUT2D eigenvalue weighted by molar-refractivity contribution is 7.90. The van der Waals surface area contributed by atoms with Crippen LogP contribution in [0.3, 0.4) is 0 Å². The quantitative estimate of drug-likeness (QED) is 0.788. The maximum atomic E-state index is 11.7. The third kappa shape index (κ3) is 2.84. The van der Waals surface area contributed by atoms with Crippen LogP contribution >= 0.6 is 0 Å². The van der Waals surface area contributed by atoms with Crippen molar-refractivity contribution in [3.8, 4) is 0 Å². The van der Waals surface area contributed by atoms with Gasteiger partial charge < -0.3 is 15.7 Å². The van der Waals surface area contributed by atoms with Crippen molar-refractivity contribution < 1.29 is 13.5 Å². The molecule has 1 aromatic rings. The van der Waals surface area contributed by atoms with Crippen molar-refractivity contribution >= 4 is 21.2 Å². The molecule has 1 aliphatic heterocycles. The van der Waals surface area contributed by atoms with Crippen molar-refractivity contribution in [2.75, 3.05) is 30.0 Å². The molecule has 5 nitrogen and oxygen atoms in total. The first-order valence-electron chi connectivity index (χ1n) is 6.32. The van der Waals surface area contributed by atoms with Gasteiger partial charge >= 0.3 is 0 Å². The summed E-state index contributed by atoms with van der Waals surface area (Å²) in [4.78, 5) is 2.21. The van der Waals surface area contributed by atoms with E-state index < -0.39 is 9.84 Å². The Balaban J connectivity index is 2.36. The fourth-order valence-electron chi connectivity index (χ4n) is 2.48. The van der Waals surface area contributed by atoms with Gasteiger partial charge in [0, 0.05) is 19.3 Å². The number of hydrogen-bond acceptors (Lipinski definition) is 5. The molecule has 0 spiro atoms. The van der Waals surface area contributed by atoms with E-state index in [1.807, 2.05) is 17.9 Å². The van der Waals surface area contributed by atoms with Crippen LogP contribution in [0, 0.1) is 5.92 Å². The van der Waals surface area contributed by atoms with E-state index in [9.17, 15) is 13.5 Å². The molecule has 0 saturated carbocycles. The van der Waals surface area contributed by atoms with Gasteiger partial charge in [-0.2, -0.15) is 0 Å². The average Bonchev–Trinajstić information content (AvgIpc) is 2.32. The number of anilines is 2. The van der Waals surface area contributed by atoms with E-state index in [0.29, 0.717) is 25.2 Å². The number of nitrogens with zero attached hydrogens (tertiary/aromatic N) is 1. The first-order chi connectivity index (χ1) is 8.80. The Bertz CT molecular complexity index is 571. The van der Waals surface area contributed by atoms with Crippen LogP contribution in [0.2, 0.25) is 0 Å². The molecular weight excluding hydrogens is 264 g/mol. The Morgan fingerprint density at radius 1 is 1.42 bits per heavy atom. The summed E-state index contributed by atoms with van der Waals surface area (Å²) in [7, 11) is -3.32. The van der Waals surface area contributed by atoms with Gasteiger partial charge in [0.25, 0.3) is 0 Å². The molecule has 0 bridgehead atoms. The van der Waals surface area contributed by atoms with E-state index in [1.165, 1.54) is 6.07 Å². The molecule has 1 aliphatic rings. The van der Waals surface area contributed by atoms with Crippen molar-refractivity contribution in [2.24, 2.45) is 5.92 Å². The second-order valence-electron chi connectivity index (χ2n) is 5.24. The summed E-state index contributed by atoms with van der Waals surface area (Å²) in [5.41, 5.74) is 7.03. The molecule has 0 aliphatic carbocycles. The highest BCUT2D eigenvalue weighted by Crippen LogP contribution is 2.32. The molecule has 2 unspecified atom stereocenters. The number of aliphatic hydroxyl groups excluding tert-OH is 1. The van der Waals surface area contributed by atoms with Crippen molar-refractivity contribution in [3.05, 3.63) is 18.2 Å². The summed E-state index contributed by atoms with van der Waals surface area (Å²) >= 11 is 0. The van der Waals surface area contributed by atoms with Gasteiger partial charge in [0.1, 0.15) is 0 Å². The number of benzene rings is 1. The standard InChI is InChI=1S/C13H20N2O3S/c1-9-8-15(7-6-11(9)16)10-4-3-5-12(13(10)14)19(2,17)18/h3-5,9,11,16H,6-8,14H2,1-2H3. The Morgan fingerprint density at radius 3 is 2.68 bits per heavy atom. The summed E-state index contributed by atoms with van der Waals surface area (Å²) in [5.74, 6) is 0.148. The van der Waals surface area contributed by atoms with Gasteiger partial charge in [-0.05, 0) is 24.5 Å². The van der Waals surface area contributed by atoms with Crippen molar-refractivity contribution in [2.45, 2.75) is 24.3 Å². The molecule has 1 heterocycles. The van der Waals surface area contributed by atoms with E-state index in [-0.39, 0.29) is 16.9 Å². The Labute approximate surface area is 113 Å². The lowest BCUT2D eigenvalue weighted by atomic mass is 9.96. The zero-order valence-electron chi connectivity index (χ0n) is 11.2. The fourth-order valence-corrected chi connectivity index (χ4v) is 3.31. The number of aliphatic hydroxyl groups is 1. The zero-order valence-corrected chi connectivity index (χ0v) is 12.0. The summed E-state index contributed by atoms with van der Waals surface area (Å²) in [6.45, 7) is 3.34. The summed E-state index contributed by atoms with van der Waals surface area (Å²) in [6, 6.07) is 5.06. The normalized spacial score (nSPS) is 24.5. The predicted molar refractivity (Wildman–Crippen MR) is 76.0 cm³/mol. The van der Waals surface area contributed by atoms with Gasteiger partial charge in [0.05, 0.1) is 22.4 Å². The van der Waals surface area contributed by atoms with Gasteiger partial charge in [0.2, 0.25) is 0 Å². The maximum Gasteiger partial charge on any atom is 0.177 e. The topological polar surface area (TPSA) is 83.6 Å². The van der Waals surface area contributed by atoms with E-state index in [4.69, 9.17) is 5.73 Å². The third-order valence-electron chi connectivity index (χ3n) is 3.64. The molecular formula is C13H20N2O3S. The van der Waals surface area contributed by atoms with Crippen LogP contribution in [0.4, 0.5) is 11.4 Å². The van der Waals surface area contributed by atoms with Crippen LogP contribution in [0.15, 0.2) is 23.1 Å². The monoisotopic (exact) mass is 284 g/mol. The lowest BCUT2D eigenvalue weighted by molar-refractivity contribution is 0.0971. The number of sulfone groups is 1. The molecule has 3 N–H and O–H groups in total. The average molecular weight is 284 g/mol. The molecule has 2 rings (SSSR count). The molecule has 1 fully saturated rings. The number of piperidine rings is 1. The first-order valence-corrected chi connectivity index (χ1v) is 8.21. The Hall–Kier alpha value is -1.27. The van der Waals surface area contributed by atoms with Crippen LogP contribution in [0.5, 0.6) is 0 Å². The van der Waals surface area contributed by atoms with Crippen molar-refractivity contribution in [1.82, 2.24) is 0 Å². The number of rotatable bonds is 2. The molecule has 0 radical (unpaired) electrons. The minimum absolute atomic E-state index is 0.148. The molecule has 1 aromatic carbocycles. The van der Waals surface area contributed by atoms with Crippen LogP contribution in [-0.4, -0.2) is 39.0 Å². The van der Waals surface area contributed by atoms with E-state index >= 15 is 0 Å². The molecule has 6 heteroatoms. The van der Waals surface area contributed by atoms with Gasteiger partial charge in [-0.25, -0.2) is 8.42 Å². The number of para-hydroxylation sites is 1. The highest BCUT2D eigenvalue weighted by atomic mass is 32.2. The second kappa shape index (κ2) is 5.02. The van der Waals surface area contributed by atoms with Crippen molar-refractivity contribution in [3.63, 3.8) is 0 Å². The zero-order chi connectivity index (χ0) is 14.2. The van der Waals surface area contributed by atoms with Crippen LogP contribution in [-0.2, 0) is 9.84 Å². The van der Waals surface area contributed by atoms with Crippen LogP contribution < -0.4 is 10.6 Å². The molecule has 0 amide bonds. The fraction of sp³-hybridized carbons (Fsp3) is 0.538. The number of hydrogen-bond donors (Lipinski definition) is 2. The molecule has 2 atom stereocenters. The lowest BCUT2D eigenvalue weighted by Crippen LogP contribution is -2.42. The van der Waals surface area contributed by atoms with E-state index in [2.05, 4.69) is 0 Å². The summed E-state index contributed by atoms with van der Waals surface area (Å²) in [5, 5.41) is 9.74. The first kappa shape index (κ1) is 14.1. The van der Waals surface area contributed by atoms with E-state index in [1.54, 1.807) is 6.07 Å². The number of nitrogen functional groups attached to an aromatic ring is 1. The molecule has 19 heavy (non-hydrogen) atoms. The Morgan fingerprint density at radius 2 is 2.11 bits per heavy atom. The number of nitrogens with two attached hydrogens (primary N) is 1. The lowest BCUT2D eigenvalue weighted by Gasteiger charge is -2.36.